The number of cyclic esters (lactones) is 1. The van der Waals surface area contributed by atoms with Gasteiger partial charge in [0.2, 0.25) is 0 Å². The van der Waals surface area contributed by atoms with Crippen molar-refractivity contribution in [2.24, 2.45) is 5.92 Å². The topological polar surface area (TPSA) is 70.0 Å². The van der Waals surface area contributed by atoms with E-state index >= 15 is 0 Å². The van der Waals surface area contributed by atoms with Crippen LogP contribution in [0.2, 0.25) is 0 Å². The Balaban J connectivity index is 1.79. The Labute approximate surface area is 160 Å². The first-order valence-corrected chi connectivity index (χ1v) is 10.00. The second-order valence-corrected chi connectivity index (χ2v) is 7.99. The zero-order valence-corrected chi connectivity index (χ0v) is 15.9. The third-order valence-corrected chi connectivity index (χ3v) is 6.24. The zero-order chi connectivity index (χ0) is 19.4. The molecule has 0 bridgehead atoms. The van der Waals surface area contributed by atoms with E-state index in [1.165, 1.54) is 31.4 Å². The molecule has 3 atom stereocenters. The number of amides is 1. The molecule has 1 heterocycles. The maximum absolute atomic E-state index is 13.4. The number of ether oxygens (including phenoxy) is 1. The molecular weight excluding hydrogens is 349 g/mol. The average molecular weight is 379 g/mol. The van der Waals surface area contributed by atoms with Crippen LogP contribution in [0.15, 0.2) is 24.3 Å². The van der Waals surface area contributed by atoms with Crippen LogP contribution in [0.25, 0.3) is 0 Å². The highest BCUT2D eigenvalue weighted by Crippen LogP contribution is 2.40. The molecule has 1 amide bonds. The summed E-state index contributed by atoms with van der Waals surface area (Å²) in [4.78, 5) is 14.7. The lowest BCUT2D eigenvalue weighted by Gasteiger charge is -2.46. The number of benzene rings is 1. The molecule has 27 heavy (non-hydrogen) atoms. The number of hydrogen-bond donors (Lipinski definition) is 2. The largest absolute Gasteiger partial charge is 0.438 e. The minimum absolute atomic E-state index is 0.0898. The first kappa shape index (κ1) is 20.1. The number of carbonyl (C=O) groups is 1. The summed E-state index contributed by atoms with van der Waals surface area (Å²) in [7, 11) is 0. The van der Waals surface area contributed by atoms with Crippen LogP contribution in [0, 0.1) is 11.7 Å². The van der Waals surface area contributed by atoms with Gasteiger partial charge in [-0.15, -0.1) is 0 Å². The van der Waals surface area contributed by atoms with Gasteiger partial charge in [0.1, 0.15) is 11.4 Å². The molecule has 0 unspecified atom stereocenters. The normalized spacial score (nSPS) is 26.5. The van der Waals surface area contributed by atoms with Gasteiger partial charge in [0.05, 0.1) is 12.7 Å². The van der Waals surface area contributed by atoms with Crippen LogP contribution in [0.4, 0.5) is 9.18 Å². The van der Waals surface area contributed by atoms with Gasteiger partial charge in [0, 0.05) is 25.4 Å². The molecule has 2 N–H and O–H groups in total. The second-order valence-electron chi connectivity index (χ2n) is 7.99. The summed E-state index contributed by atoms with van der Waals surface area (Å²) < 4.78 is 19.2. The highest BCUT2D eigenvalue weighted by Gasteiger charge is 2.45. The molecule has 2 aliphatic rings. The number of aliphatic hydroxyl groups excluding tert-OH is 2. The molecule has 0 aromatic heterocycles. The van der Waals surface area contributed by atoms with E-state index in [9.17, 15) is 19.4 Å². The summed E-state index contributed by atoms with van der Waals surface area (Å²) in [6.07, 6.45) is 5.14. The lowest BCUT2D eigenvalue weighted by atomic mass is 9.81. The number of hydrogen-bond acceptors (Lipinski definition) is 4. The van der Waals surface area contributed by atoms with E-state index < -0.39 is 24.4 Å². The Hall–Kier alpha value is -1.66. The molecule has 1 aromatic rings. The first-order chi connectivity index (χ1) is 12.9. The first-order valence-electron chi connectivity index (χ1n) is 10.00. The zero-order valence-electron chi connectivity index (χ0n) is 15.9. The molecule has 1 saturated heterocycles. The predicted molar refractivity (Wildman–Crippen MR) is 99.6 cm³/mol. The van der Waals surface area contributed by atoms with Crippen molar-refractivity contribution in [1.29, 1.82) is 0 Å². The van der Waals surface area contributed by atoms with Crippen molar-refractivity contribution in [3.05, 3.63) is 35.6 Å². The maximum Gasteiger partial charge on any atom is 0.410 e. The molecule has 1 aliphatic heterocycles. The van der Waals surface area contributed by atoms with Crippen molar-refractivity contribution in [2.75, 3.05) is 13.2 Å². The number of aliphatic hydroxyl groups is 2. The molecule has 1 aliphatic carbocycles. The minimum Gasteiger partial charge on any atom is -0.438 e. The van der Waals surface area contributed by atoms with E-state index in [1.54, 1.807) is 17.0 Å². The standard InChI is InChI=1S/C21H30FNO4/c1-15(16-5-3-2-4-6-16)23-12-11-21(27-20(23)26,13-19(25)14-24)17-7-9-18(22)10-8-17/h7-10,15-16,19,24-25H,2-6,11-14H2,1H3/t15-,19+,21-/m0/s1. The fraction of sp³-hybridized carbons (Fsp3) is 0.667. The van der Waals surface area contributed by atoms with E-state index in [2.05, 4.69) is 6.92 Å². The van der Waals surface area contributed by atoms with E-state index in [4.69, 9.17) is 4.74 Å². The monoisotopic (exact) mass is 379 g/mol. The van der Waals surface area contributed by atoms with Gasteiger partial charge in [0.15, 0.2) is 0 Å². The average Bonchev–Trinajstić information content (AvgIpc) is 2.68. The SMILES string of the molecule is C[C@@H](C1CCCCC1)N1CC[C@](C[C@@H](O)CO)(c2ccc(F)cc2)OC1=O. The number of halogens is 1. The molecule has 5 nitrogen and oxygen atoms in total. The van der Waals surface area contributed by atoms with Gasteiger partial charge in [-0.25, -0.2) is 9.18 Å². The van der Waals surface area contributed by atoms with Crippen LogP contribution >= 0.6 is 0 Å². The smallest absolute Gasteiger partial charge is 0.410 e. The lowest BCUT2D eigenvalue weighted by Crippen LogP contribution is -2.53. The Morgan fingerprint density at radius 2 is 1.93 bits per heavy atom. The third kappa shape index (κ3) is 4.43. The summed E-state index contributed by atoms with van der Waals surface area (Å²) in [6, 6.07) is 5.95. The minimum atomic E-state index is -1.05. The molecule has 0 spiro atoms. The summed E-state index contributed by atoms with van der Waals surface area (Å²) in [5, 5.41) is 19.3. The Bertz CT molecular complexity index is 632. The van der Waals surface area contributed by atoms with E-state index in [-0.39, 0.29) is 18.3 Å². The molecular formula is C21H30FNO4. The second kappa shape index (κ2) is 8.57. The van der Waals surface area contributed by atoms with Crippen LogP contribution in [0.1, 0.15) is 57.4 Å². The third-order valence-electron chi connectivity index (χ3n) is 6.24. The van der Waals surface area contributed by atoms with Gasteiger partial charge in [0.25, 0.3) is 0 Å². The van der Waals surface area contributed by atoms with Gasteiger partial charge < -0.3 is 19.8 Å². The molecule has 1 aromatic carbocycles. The van der Waals surface area contributed by atoms with Crippen LogP contribution in [0.5, 0.6) is 0 Å². The lowest BCUT2D eigenvalue weighted by molar-refractivity contribution is -0.0929. The Morgan fingerprint density at radius 1 is 1.26 bits per heavy atom. The van der Waals surface area contributed by atoms with Gasteiger partial charge in [-0.1, -0.05) is 31.4 Å². The Kier molecular flexibility index (Phi) is 6.37. The summed E-state index contributed by atoms with van der Waals surface area (Å²) in [6.45, 7) is 2.19. The van der Waals surface area contributed by atoms with Crippen LogP contribution in [-0.4, -0.2) is 46.5 Å². The number of carbonyl (C=O) groups excluding carboxylic acids is 1. The summed E-state index contributed by atoms with van der Waals surface area (Å²) in [5.41, 5.74) is -0.398. The fourth-order valence-corrected chi connectivity index (χ4v) is 4.57. The van der Waals surface area contributed by atoms with Crippen molar-refractivity contribution in [1.82, 2.24) is 4.90 Å². The van der Waals surface area contributed by atoms with Crippen molar-refractivity contribution in [2.45, 2.75) is 69.6 Å². The fourth-order valence-electron chi connectivity index (χ4n) is 4.57. The van der Waals surface area contributed by atoms with E-state index in [0.717, 1.165) is 12.8 Å². The van der Waals surface area contributed by atoms with Crippen molar-refractivity contribution in [3.8, 4) is 0 Å². The van der Waals surface area contributed by atoms with Gasteiger partial charge in [-0.3, -0.25) is 0 Å². The highest BCUT2D eigenvalue weighted by atomic mass is 19.1. The van der Waals surface area contributed by atoms with Crippen LogP contribution in [-0.2, 0) is 10.3 Å². The number of rotatable bonds is 6. The summed E-state index contributed by atoms with van der Waals surface area (Å²) >= 11 is 0. The van der Waals surface area contributed by atoms with Gasteiger partial charge >= 0.3 is 6.09 Å². The highest BCUT2D eigenvalue weighted by molar-refractivity contribution is 5.70. The van der Waals surface area contributed by atoms with Crippen LogP contribution in [0.3, 0.4) is 0 Å². The van der Waals surface area contributed by atoms with E-state index in [1.807, 2.05) is 0 Å². The van der Waals surface area contributed by atoms with Crippen LogP contribution < -0.4 is 0 Å². The molecule has 1 saturated carbocycles. The van der Waals surface area contributed by atoms with Gasteiger partial charge in [-0.2, -0.15) is 0 Å². The van der Waals surface area contributed by atoms with Gasteiger partial charge in [-0.05, 0) is 43.4 Å². The quantitative estimate of drug-likeness (QED) is 0.793. The van der Waals surface area contributed by atoms with E-state index in [0.29, 0.717) is 24.4 Å². The molecule has 3 rings (SSSR count). The molecule has 2 fully saturated rings. The van der Waals surface area contributed by atoms with Crippen molar-refractivity contribution >= 4 is 6.09 Å². The summed E-state index contributed by atoms with van der Waals surface area (Å²) in [5.74, 6) is 0.124. The number of nitrogens with zero attached hydrogens (tertiary/aromatic N) is 1. The Morgan fingerprint density at radius 3 is 2.52 bits per heavy atom. The predicted octanol–water partition coefficient (Wildman–Crippen LogP) is 3.58. The van der Waals surface area contributed by atoms with Crippen molar-refractivity contribution in [3.63, 3.8) is 0 Å². The molecule has 6 heteroatoms. The molecule has 0 radical (unpaired) electrons. The maximum atomic E-state index is 13.4. The molecule has 150 valence electrons. The van der Waals surface area contributed by atoms with Crippen molar-refractivity contribution < 1.29 is 24.1 Å².